The van der Waals surface area contributed by atoms with Crippen LogP contribution < -0.4 is 0 Å². The van der Waals surface area contributed by atoms with Crippen molar-refractivity contribution in [3.63, 3.8) is 0 Å². The summed E-state index contributed by atoms with van der Waals surface area (Å²) in [4.78, 5) is 0. The van der Waals surface area contributed by atoms with E-state index in [1.807, 2.05) is 0 Å². The van der Waals surface area contributed by atoms with Crippen molar-refractivity contribution in [1.29, 1.82) is 0 Å². The minimum absolute atomic E-state index is 0.753. The molecule has 0 amide bonds. The smallest absolute Gasteiger partial charge is 0.0253 e. The van der Waals surface area contributed by atoms with Gasteiger partial charge in [0.05, 0.1) is 0 Å². The molecule has 3 aromatic carbocycles. The van der Waals surface area contributed by atoms with Crippen LogP contribution in [0.25, 0.3) is 0 Å². The fraction of sp³-hybridized carbons (Fsp3) is 0.571. The Hall–Kier alpha value is -2.34. The molecule has 3 aromatic rings. The first-order chi connectivity index (χ1) is 19.7. The van der Waals surface area contributed by atoms with Gasteiger partial charge in [-0.25, -0.2) is 0 Å². The van der Waals surface area contributed by atoms with E-state index in [0.29, 0.717) is 0 Å². The quantitative estimate of drug-likeness (QED) is 0.203. The second-order valence-corrected chi connectivity index (χ2v) is 15.0. The van der Waals surface area contributed by atoms with Crippen LogP contribution in [0, 0.1) is 35.5 Å². The molecule has 0 bridgehead atoms. The Labute approximate surface area is 262 Å². The van der Waals surface area contributed by atoms with Crippen molar-refractivity contribution in [2.24, 2.45) is 35.5 Å². The van der Waals surface area contributed by atoms with E-state index in [1.165, 1.54) is 71.9 Å². The molecule has 0 aliphatic carbocycles. The second-order valence-electron chi connectivity index (χ2n) is 15.0. The molecule has 0 fully saturated rings. The summed E-state index contributed by atoms with van der Waals surface area (Å²) in [5.41, 5.74) is 8.98. The van der Waals surface area contributed by atoms with Crippen LogP contribution in [0.3, 0.4) is 0 Å². The molecule has 3 rings (SSSR count). The highest BCUT2D eigenvalue weighted by molar-refractivity contribution is 5.28. The molecule has 0 spiro atoms. The van der Waals surface area contributed by atoms with Gasteiger partial charge in [0.25, 0.3) is 0 Å². The van der Waals surface area contributed by atoms with Gasteiger partial charge >= 0.3 is 0 Å². The van der Waals surface area contributed by atoms with Gasteiger partial charge in [-0.15, -0.1) is 0 Å². The van der Waals surface area contributed by atoms with Crippen molar-refractivity contribution >= 4 is 0 Å². The lowest BCUT2D eigenvalue weighted by molar-refractivity contribution is 0.616. The van der Waals surface area contributed by atoms with E-state index in [1.54, 1.807) is 0 Å². The predicted octanol–water partition coefficient (Wildman–Crippen LogP) is 12.3. The van der Waals surface area contributed by atoms with E-state index in [0.717, 1.165) is 35.5 Å². The summed E-state index contributed by atoms with van der Waals surface area (Å²) in [5, 5.41) is 0. The third kappa shape index (κ3) is 18.3. The molecular formula is C42H66. The molecule has 0 radical (unpaired) electrons. The van der Waals surface area contributed by atoms with Crippen LogP contribution in [0.2, 0.25) is 0 Å². The van der Waals surface area contributed by atoms with E-state index in [2.05, 4.69) is 156 Å². The van der Waals surface area contributed by atoms with Gasteiger partial charge in [-0.3, -0.25) is 0 Å². The van der Waals surface area contributed by atoms with Crippen LogP contribution in [0.5, 0.6) is 0 Å². The first-order valence-corrected chi connectivity index (χ1v) is 17.0. The molecule has 0 aromatic heterocycles. The lowest BCUT2D eigenvalue weighted by atomic mass is 9.93. The minimum atomic E-state index is 0.753. The summed E-state index contributed by atoms with van der Waals surface area (Å²) in [6.07, 6.45) is 7.22. The Bertz CT molecular complexity index is 996. The van der Waals surface area contributed by atoms with Gasteiger partial charge < -0.3 is 0 Å². The third-order valence-electron chi connectivity index (χ3n) is 6.96. The van der Waals surface area contributed by atoms with Crippen LogP contribution in [-0.2, 0) is 38.5 Å². The Morgan fingerprint density at radius 3 is 0.881 bits per heavy atom. The lowest BCUT2D eigenvalue weighted by Gasteiger charge is -2.13. The number of rotatable bonds is 12. The number of hydrogen-bond donors (Lipinski definition) is 0. The normalized spacial score (nSPS) is 11.3. The Morgan fingerprint density at radius 1 is 0.310 bits per heavy atom. The van der Waals surface area contributed by atoms with Gasteiger partial charge in [0.15, 0.2) is 0 Å². The second kappa shape index (κ2) is 20.5. The average Bonchev–Trinajstić information content (AvgIpc) is 2.85. The van der Waals surface area contributed by atoms with Gasteiger partial charge in [-0.1, -0.05) is 156 Å². The standard InChI is InChI=1S/3C14H22/c1-11(2)9-13-5-7-14(8-6-13)10-12(3)4;1-11(2)8-13-6-5-7-14(10-13)9-12(3)4;1-11(2)9-13-7-5-6-8-14(13)10-12(3)4/h5-8,11-12H,9-10H2,1-4H3;5-7,10-12H,8-9H2,1-4H3;5-8,11-12H,9-10H2,1-4H3. The van der Waals surface area contributed by atoms with E-state index < -0.39 is 0 Å². The van der Waals surface area contributed by atoms with Gasteiger partial charge in [0.2, 0.25) is 0 Å². The highest BCUT2D eigenvalue weighted by Crippen LogP contribution is 2.17. The maximum Gasteiger partial charge on any atom is -0.0253 e. The van der Waals surface area contributed by atoms with Crippen molar-refractivity contribution < 1.29 is 0 Å². The highest BCUT2D eigenvalue weighted by Gasteiger charge is 2.06. The van der Waals surface area contributed by atoms with Gasteiger partial charge in [0, 0.05) is 0 Å². The summed E-state index contributed by atoms with van der Waals surface area (Å²) in [6, 6.07) is 27.0. The van der Waals surface area contributed by atoms with Crippen molar-refractivity contribution in [1.82, 2.24) is 0 Å². The third-order valence-corrected chi connectivity index (χ3v) is 6.96. The zero-order valence-electron chi connectivity index (χ0n) is 29.6. The average molecular weight is 571 g/mol. The number of hydrogen-bond acceptors (Lipinski definition) is 0. The maximum absolute atomic E-state index is 2.36. The van der Waals surface area contributed by atoms with Crippen LogP contribution in [-0.4, -0.2) is 0 Å². The first kappa shape index (κ1) is 37.7. The molecule has 0 unspecified atom stereocenters. The molecule has 234 valence electrons. The predicted molar refractivity (Wildman–Crippen MR) is 191 cm³/mol. The van der Waals surface area contributed by atoms with Crippen molar-refractivity contribution in [3.8, 4) is 0 Å². The van der Waals surface area contributed by atoms with Crippen LogP contribution in [0.1, 0.15) is 116 Å². The van der Waals surface area contributed by atoms with Crippen LogP contribution in [0.15, 0.2) is 72.8 Å². The van der Waals surface area contributed by atoms with E-state index >= 15 is 0 Å². The molecule has 0 nitrogen and oxygen atoms in total. The van der Waals surface area contributed by atoms with Gasteiger partial charge in [-0.2, -0.15) is 0 Å². The van der Waals surface area contributed by atoms with Crippen LogP contribution >= 0.6 is 0 Å². The minimum Gasteiger partial charge on any atom is -0.0625 e. The Balaban J connectivity index is 0.000000315. The summed E-state index contributed by atoms with van der Waals surface area (Å²) in [5.74, 6) is 4.53. The topological polar surface area (TPSA) is 0 Å². The summed E-state index contributed by atoms with van der Waals surface area (Å²) >= 11 is 0. The largest absolute Gasteiger partial charge is 0.0625 e. The van der Waals surface area contributed by atoms with Gasteiger partial charge in [-0.05, 0) is 107 Å². The maximum atomic E-state index is 2.36. The van der Waals surface area contributed by atoms with E-state index in [-0.39, 0.29) is 0 Å². The molecule has 0 heteroatoms. The molecular weight excluding hydrogens is 504 g/mol. The molecule has 0 aliphatic heterocycles. The summed E-state index contributed by atoms with van der Waals surface area (Å²) in [7, 11) is 0. The summed E-state index contributed by atoms with van der Waals surface area (Å²) < 4.78 is 0. The Kier molecular flexibility index (Phi) is 18.4. The molecule has 0 saturated carbocycles. The fourth-order valence-electron chi connectivity index (χ4n) is 5.42. The Morgan fingerprint density at radius 2 is 0.595 bits per heavy atom. The monoisotopic (exact) mass is 571 g/mol. The van der Waals surface area contributed by atoms with Crippen molar-refractivity contribution in [3.05, 3.63) is 106 Å². The molecule has 0 saturated heterocycles. The molecule has 0 heterocycles. The zero-order chi connectivity index (χ0) is 31.7. The fourth-order valence-corrected chi connectivity index (χ4v) is 5.42. The summed E-state index contributed by atoms with van der Waals surface area (Å²) in [6.45, 7) is 27.3. The SMILES string of the molecule is CC(C)Cc1ccc(CC(C)C)cc1.CC(C)Cc1cccc(CC(C)C)c1.CC(C)Cc1ccccc1CC(C)C. The van der Waals surface area contributed by atoms with E-state index in [4.69, 9.17) is 0 Å². The number of benzene rings is 3. The van der Waals surface area contributed by atoms with E-state index in [9.17, 15) is 0 Å². The zero-order valence-corrected chi connectivity index (χ0v) is 29.6. The van der Waals surface area contributed by atoms with Crippen LogP contribution in [0.4, 0.5) is 0 Å². The highest BCUT2D eigenvalue weighted by atomic mass is 14.1. The molecule has 0 atom stereocenters. The molecule has 0 aliphatic rings. The van der Waals surface area contributed by atoms with Crippen molar-refractivity contribution in [2.45, 2.75) is 122 Å². The molecule has 42 heavy (non-hydrogen) atoms. The van der Waals surface area contributed by atoms with Gasteiger partial charge in [0.1, 0.15) is 0 Å². The first-order valence-electron chi connectivity index (χ1n) is 17.0. The molecule has 0 N–H and O–H groups in total. The lowest BCUT2D eigenvalue weighted by Crippen LogP contribution is -2.02. The van der Waals surface area contributed by atoms with Crippen molar-refractivity contribution in [2.75, 3.05) is 0 Å².